The third-order valence-corrected chi connectivity index (χ3v) is 3.04. The first-order valence-corrected chi connectivity index (χ1v) is 6.76. The van der Waals surface area contributed by atoms with E-state index >= 15 is 0 Å². The molecule has 0 saturated heterocycles. The Labute approximate surface area is 119 Å². The molecular formula is C14H21ClN2O2. The summed E-state index contributed by atoms with van der Waals surface area (Å²) in [5, 5.41) is 3.31. The highest BCUT2D eigenvalue weighted by Crippen LogP contribution is 2.27. The number of unbranched alkanes of at least 4 members (excludes halogenated alkanes) is 1. The maximum atomic E-state index is 11.8. The molecule has 106 valence electrons. The second-order valence-electron chi connectivity index (χ2n) is 4.49. The van der Waals surface area contributed by atoms with E-state index in [1.54, 1.807) is 25.3 Å². The van der Waals surface area contributed by atoms with Gasteiger partial charge in [-0.3, -0.25) is 9.69 Å². The monoisotopic (exact) mass is 284 g/mol. The van der Waals surface area contributed by atoms with Crippen molar-refractivity contribution >= 4 is 23.2 Å². The molecule has 5 heteroatoms. The zero-order chi connectivity index (χ0) is 14.3. The summed E-state index contributed by atoms with van der Waals surface area (Å²) < 4.78 is 5.06. The van der Waals surface area contributed by atoms with Crippen molar-refractivity contribution in [3.63, 3.8) is 0 Å². The molecule has 1 N–H and O–H groups in total. The lowest BCUT2D eigenvalue weighted by Crippen LogP contribution is -2.30. The second-order valence-corrected chi connectivity index (χ2v) is 4.90. The Morgan fingerprint density at radius 1 is 1.47 bits per heavy atom. The van der Waals surface area contributed by atoms with Gasteiger partial charge in [-0.25, -0.2) is 0 Å². The summed E-state index contributed by atoms with van der Waals surface area (Å²) in [5.41, 5.74) is 0.680. The van der Waals surface area contributed by atoms with Gasteiger partial charge in [-0.05, 0) is 38.2 Å². The summed E-state index contributed by atoms with van der Waals surface area (Å²) in [6, 6.07) is 5.19. The van der Waals surface area contributed by atoms with Crippen LogP contribution in [0.4, 0.5) is 5.69 Å². The smallest absolute Gasteiger partial charge is 0.238 e. The van der Waals surface area contributed by atoms with Crippen molar-refractivity contribution in [3.8, 4) is 5.75 Å². The number of carbonyl (C=O) groups excluding carboxylic acids is 1. The minimum absolute atomic E-state index is 0.0418. The van der Waals surface area contributed by atoms with Crippen molar-refractivity contribution < 1.29 is 9.53 Å². The van der Waals surface area contributed by atoms with Gasteiger partial charge >= 0.3 is 0 Å². The first kappa shape index (κ1) is 15.8. The van der Waals surface area contributed by atoms with Gasteiger partial charge in [0.15, 0.2) is 0 Å². The van der Waals surface area contributed by atoms with E-state index in [1.165, 1.54) is 0 Å². The van der Waals surface area contributed by atoms with Crippen molar-refractivity contribution in [3.05, 3.63) is 23.2 Å². The zero-order valence-electron chi connectivity index (χ0n) is 11.7. The van der Waals surface area contributed by atoms with E-state index in [1.807, 2.05) is 11.9 Å². The molecule has 1 amide bonds. The maximum absolute atomic E-state index is 11.8. The van der Waals surface area contributed by atoms with E-state index in [9.17, 15) is 4.79 Å². The van der Waals surface area contributed by atoms with E-state index in [4.69, 9.17) is 16.3 Å². The average molecular weight is 285 g/mol. The molecule has 4 nitrogen and oxygen atoms in total. The Morgan fingerprint density at radius 3 is 2.79 bits per heavy atom. The summed E-state index contributed by atoms with van der Waals surface area (Å²) in [6.07, 6.45) is 2.22. The number of carbonyl (C=O) groups is 1. The van der Waals surface area contributed by atoms with Crippen molar-refractivity contribution in [2.45, 2.75) is 19.8 Å². The van der Waals surface area contributed by atoms with Crippen LogP contribution < -0.4 is 10.1 Å². The van der Waals surface area contributed by atoms with Gasteiger partial charge in [0.2, 0.25) is 5.91 Å². The van der Waals surface area contributed by atoms with E-state index in [-0.39, 0.29) is 5.91 Å². The molecule has 0 bridgehead atoms. The molecule has 1 aromatic rings. The molecule has 0 atom stereocenters. The number of hydrogen-bond donors (Lipinski definition) is 1. The molecule has 0 radical (unpaired) electrons. The molecule has 0 fully saturated rings. The lowest BCUT2D eigenvalue weighted by atomic mass is 10.3. The van der Waals surface area contributed by atoms with Crippen LogP contribution in [0.1, 0.15) is 19.8 Å². The fourth-order valence-electron chi connectivity index (χ4n) is 1.70. The molecule has 0 aliphatic heterocycles. The van der Waals surface area contributed by atoms with Gasteiger partial charge in [0, 0.05) is 5.69 Å². The van der Waals surface area contributed by atoms with Gasteiger partial charge in [-0.15, -0.1) is 0 Å². The van der Waals surface area contributed by atoms with Gasteiger partial charge < -0.3 is 10.1 Å². The molecule has 1 aromatic carbocycles. The molecule has 0 aliphatic carbocycles. The fourth-order valence-corrected chi connectivity index (χ4v) is 1.95. The molecule has 0 spiro atoms. The number of halogens is 1. The van der Waals surface area contributed by atoms with Crippen LogP contribution in [0, 0.1) is 0 Å². The topological polar surface area (TPSA) is 41.6 Å². The predicted molar refractivity (Wildman–Crippen MR) is 79.0 cm³/mol. The Morgan fingerprint density at radius 2 is 2.21 bits per heavy atom. The van der Waals surface area contributed by atoms with E-state index in [2.05, 4.69) is 12.2 Å². The van der Waals surface area contributed by atoms with Crippen molar-refractivity contribution in [2.75, 3.05) is 32.6 Å². The predicted octanol–water partition coefficient (Wildman–Crippen LogP) is 3.02. The second kappa shape index (κ2) is 8.02. The molecule has 19 heavy (non-hydrogen) atoms. The third kappa shape index (κ3) is 5.49. The van der Waals surface area contributed by atoms with Crippen molar-refractivity contribution in [1.29, 1.82) is 0 Å². The number of amides is 1. The number of anilines is 1. The van der Waals surface area contributed by atoms with Crippen molar-refractivity contribution in [1.82, 2.24) is 4.90 Å². The highest BCUT2D eigenvalue weighted by atomic mass is 35.5. The molecule has 1 rings (SSSR count). The maximum Gasteiger partial charge on any atom is 0.238 e. The minimum atomic E-state index is -0.0418. The summed E-state index contributed by atoms with van der Waals surface area (Å²) in [7, 11) is 3.50. The van der Waals surface area contributed by atoms with Crippen LogP contribution in [0.15, 0.2) is 18.2 Å². The molecule has 0 aliphatic rings. The Hall–Kier alpha value is -1.26. The first-order chi connectivity index (χ1) is 9.06. The zero-order valence-corrected chi connectivity index (χ0v) is 12.5. The first-order valence-electron chi connectivity index (χ1n) is 6.38. The highest BCUT2D eigenvalue weighted by molar-refractivity contribution is 6.32. The van der Waals surface area contributed by atoms with Crippen LogP contribution in [0.3, 0.4) is 0 Å². The minimum Gasteiger partial charge on any atom is -0.495 e. The fraction of sp³-hybridized carbons (Fsp3) is 0.500. The number of hydrogen-bond acceptors (Lipinski definition) is 3. The Bertz CT molecular complexity index is 424. The van der Waals surface area contributed by atoms with Crippen LogP contribution in [0.5, 0.6) is 5.75 Å². The van der Waals surface area contributed by atoms with E-state index in [0.717, 1.165) is 19.4 Å². The Kier molecular flexibility index (Phi) is 6.67. The number of ether oxygens (including phenoxy) is 1. The van der Waals surface area contributed by atoms with Crippen LogP contribution >= 0.6 is 11.6 Å². The van der Waals surface area contributed by atoms with Gasteiger partial charge in [0.25, 0.3) is 0 Å². The molecular weight excluding hydrogens is 264 g/mol. The standard InChI is InChI=1S/C14H21ClN2O2/c1-4-5-8-17(2)10-14(18)16-11-6-7-13(19-3)12(15)9-11/h6-7,9H,4-5,8,10H2,1-3H3,(H,16,18). The molecule has 0 saturated carbocycles. The molecule has 0 heterocycles. The normalized spacial score (nSPS) is 10.6. The number of nitrogens with one attached hydrogen (secondary N) is 1. The lowest BCUT2D eigenvalue weighted by Gasteiger charge is -2.15. The van der Waals surface area contributed by atoms with Crippen LogP contribution in [-0.2, 0) is 4.79 Å². The summed E-state index contributed by atoms with van der Waals surface area (Å²) in [5.74, 6) is 0.555. The van der Waals surface area contributed by atoms with Gasteiger partial charge in [0.1, 0.15) is 5.75 Å². The quantitative estimate of drug-likeness (QED) is 0.837. The number of methoxy groups -OCH3 is 1. The van der Waals surface area contributed by atoms with Crippen molar-refractivity contribution in [2.24, 2.45) is 0 Å². The summed E-state index contributed by atoms with van der Waals surface area (Å²) in [4.78, 5) is 13.8. The molecule has 0 unspecified atom stereocenters. The Balaban J connectivity index is 2.50. The average Bonchev–Trinajstić information content (AvgIpc) is 2.36. The van der Waals surface area contributed by atoms with Crippen LogP contribution in [0.2, 0.25) is 5.02 Å². The van der Waals surface area contributed by atoms with Crippen LogP contribution in [0.25, 0.3) is 0 Å². The van der Waals surface area contributed by atoms with E-state index < -0.39 is 0 Å². The van der Waals surface area contributed by atoms with Gasteiger partial charge in [-0.1, -0.05) is 24.9 Å². The summed E-state index contributed by atoms with van der Waals surface area (Å²) >= 11 is 6.00. The van der Waals surface area contributed by atoms with Gasteiger partial charge in [0.05, 0.1) is 18.7 Å². The van der Waals surface area contributed by atoms with Gasteiger partial charge in [-0.2, -0.15) is 0 Å². The number of likely N-dealkylation sites (N-methyl/N-ethyl adjacent to an activating group) is 1. The largest absolute Gasteiger partial charge is 0.495 e. The number of rotatable bonds is 7. The SMILES string of the molecule is CCCCN(C)CC(=O)Nc1ccc(OC)c(Cl)c1. The highest BCUT2D eigenvalue weighted by Gasteiger charge is 2.08. The number of nitrogens with zero attached hydrogens (tertiary/aromatic N) is 1. The third-order valence-electron chi connectivity index (χ3n) is 2.74. The molecule has 0 aromatic heterocycles. The summed E-state index contributed by atoms with van der Waals surface area (Å²) in [6.45, 7) is 3.43. The lowest BCUT2D eigenvalue weighted by molar-refractivity contribution is -0.117. The van der Waals surface area contributed by atoms with E-state index in [0.29, 0.717) is 23.0 Å². The van der Waals surface area contributed by atoms with Crippen LogP contribution in [-0.4, -0.2) is 38.1 Å². The number of benzene rings is 1.